The van der Waals surface area contributed by atoms with Crippen LogP contribution in [0, 0.1) is 6.92 Å². The van der Waals surface area contributed by atoms with Crippen LogP contribution < -0.4 is 4.74 Å². The normalized spacial score (nSPS) is 18.5. The maximum Gasteiger partial charge on any atom is 0.357 e. The minimum atomic E-state index is -0.382. The van der Waals surface area contributed by atoms with Crippen LogP contribution in [-0.2, 0) is 15.9 Å². The molecular weight excluding hydrogens is 344 g/mol. The second-order valence-electron chi connectivity index (χ2n) is 6.54. The third kappa shape index (κ3) is 3.17. The zero-order chi connectivity index (χ0) is 19.0. The number of carbonyl (C=O) groups excluding carboxylic acids is 1. The van der Waals surface area contributed by atoms with E-state index in [1.807, 2.05) is 30.5 Å². The van der Waals surface area contributed by atoms with Gasteiger partial charge >= 0.3 is 5.97 Å². The van der Waals surface area contributed by atoms with E-state index in [4.69, 9.17) is 14.2 Å². The van der Waals surface area contributed by atoms with Crippen LogP contribution in [0.3, 0.4) is 0 Å². The number of rotatable bonds is 6. The van der Waals surface area contributed by atoms with Crippen molar-refractivity contribution in [2.75, 3.05) is 13.7 Å². The fourth-order valence-corrected chi connectivity index (χ4v) is 3.51. The number of epoxide rings is 1. The smallest absolute Gasteiger partial charge is 0.357 e. The van der Waals surface area contributed by atoms with Gasteiger partial charge in [-0.05, 0) is 25.5 Å². The number of fused-ring (bicyclic) bond motifs is 1. The average Bonchev–Trinajstić information content (AvgIpc) is 3.35. The molecule has 3 aromatic rings. The molecule has 4 rings (SSSR count). The molecule has 0 N–H and O–H groups in total. The van der Waals surface area contributed by atoms with Crippen molar-refractivity contribution in [1.29, 1.82) is 0 Å². The summed E-state index contributed by atoms with van der Waals surface area (Å²) in [6, 6.07) is 12.2. The Morgan fingerprint density at radius 2 is 2.04 bits per heavy atom. The van der Waals surface area contributed by atoms with Gasteiger partial charge in [0.15, 0.2) is 17.1 Å². The summed E-state index contributed by atoms with van der Waals surface area (Å²) in [5, 5.41) is 0. The molecule has 0 spiro atoms. The lowest BCUT2D eigenvalue weighted by molar-refractivity contribution is 0.0517. The second-order valence-corrected chi connectivity index (χ2v) is 6.54. The molecule has 1 aliphatic rings. The summed E-state index contributed by atoms with van der Waals surface area (Å²) in [5.74, 6) is 0.283. The molecule has 6 nitrogen and oxygen atoms in total. The lowest BCUT2D eigenvalue weighted by Crippen LogP contribution is -2.10. The lowest BCUT2D eigenvalue weighted by Gasteiger charge is -2.10. The summed E-state index contributed by atoms with van der Waals surface area (Å²) in [6.07, 6.45) is 2.80. The van der Waals surface area contributed by atoms with Gasteiger partial charge in [0, 0.05) is 18.2 Å². The van der Waals surface area contributed by atoms with Crippen LogP contribution in [0.4, 0.5) is 0 Å². The first-order valence-corrected chi connectivity index (χ1v) is 9.06. The van der Waals surface area contributed by atoms with E-state index in [1.165, 1.54) is 5.56 Å². The Morgan fingerprint density at radius 1 is 1.26 bits per heavy atom. The molecule has 27 heavy (non-hydrogen) atoms. The van der Waals surface area contributed by atoms with Crippen molar-refractivity contribution in [1.82, 2.24) is 9.38 Å². The maximum atomic E-state index is 12.3. The van der Waals surface area contributed by atoms with Crippen molar-refractivity contribution >= 4 is 11.6 Å². The zero-order valence-electron chi connectivity index (χ0n) is 15.6. The highest BCUT2D eigenvalue weighted by Gasteiger charge is 2.40. The molecule has 1 aromatic carbocycles. The Kier molecular flexibility index (Phi) is 4.58. The van der Waals surface area contributed by atoms with Crippen LogP contribution in [-0.4, -0.2) is 35.2 Å². The second kappa shape index (κ2) is 7.04. The molecule has 140 valence electrons. The van der Waals surface area contributed by atoms with Crippen molar-refractivity contribution in [2.24, 2.45) is 0 Å². The number of aromatic nitrogens is 2. The number of benzene rings is 1. The number of nitrogens with zero attached hydrogens (tertiary/aromatic N) is 2. The predicted molar refractivity (Wildman–Crippen MR) is 100 cm³/mol. The fraction of sp³-hybridized carbons (Fsp3) is 0.333. The van der Waals surface area contributed by atoms with E-state index in [1.54, 1.807) is 25.4 Å². The van der Waals surface area contributed by atoms with E-state index in [2.05, 4.69) is 17.1 Å². The summed E-state index contributed by atoms with van der Waals surface area (Å²) in [5.41, 5.74) is 3.86. The molecular formula is C21H22N2O4. The lowest BCUT2D eigenvalue weighted by atomic mass is 10.0. The number of pyridine rings is 1. The number of ether oxygens (including phenoxy) is 3. The van der Waals surface area contributed by atoms with E-state index in [0.29, 0.717) is 29.4 Å². The van der Waals surface area contributed by atoms with Gasteiger partial charge in [-0.2, -0.15) is 0 Å². The summed E-state index contributed by atoms with van der Waals surface area (Å²) in [6.45, 7) is 3.91. The van der Waals surface area contributed by atoms with Gasteiger partial charge in [0.1, 0.15) is 6.10 Å². The first-order chi connectivity index (χ1) is 13.1. The number of imidazole rings is 1. The van der Waals surface area contributed by atoms with E-state index in [9.17, 15) is 4.79 Å². The number of hydrogen-bond acceptors (Lipinski definition) is 5. The monoisotopic (exact) mass is 366 g/mol. The largest absolute Gasteiger partial charge is 0.493 e. The van der Waals surface area contributed by atoms with Gasteiger partial charge in [-0.15, -0.1) is 0 Å². The number of aryl methyl sites for hydroxylation is 1. The molecule has 0 radical (unpaired) electrons. The van der Waals surface area contributed by atoms with Crippen LogP contribution in [0.2, 0.25) is 0 Å². The standard InChI is InChI=1S/C21H22N2O4/c1-4-26-21(24)17-13(2)22-20-19(25-3)15(10-11-23(17)20)12-16-18(27-16)14-8-6-5-7-9-14/h5-11,16,18H,4,12H2,1-3H3. The third-order valence-electron chi connectivity index (χ3n) is 4.81. The molecule has 2 atom stereocenters. The Morgan fingerprint density at radius 3 is 2.74 bits per heavy atom. The highest BCUT2D eigenvalue weighted by Crippen LogP contribution is 2.42. The first-order valence-electron chi connectivity index (χ1n) is 9.06. The minimum Gasteiger partial charge on any atom is -0.493 e. The molecule has 2 unspecified atom stereocenters. The Labute approximate surface area is 157 Å². The predicted octanol–water partition coefficient (Wildman–Crippen LogP) is 3.51. The van der Waals surface area contributed by atoms with Gasteiger partial charge in [-0.25, -0.2) is 9.78 Å². The molecule has 0 amide bonds. The molecule has 1 saturated heterocycles. The van der Waals surface area contributed by atoms with Crippen LogP contribution >= 0.6 is 0 Å². The quantitative estimate of drug-likeness (QED) is 0.493. The van der Waals surface area contributed by atoms with Crippen molar-refractivity contribution in [3.63, 3.8) is 0 Å². The summed E-state index contributed by atoms with van der Waals surface area (Å²) in [4.78, 5) is 16.8. The van der Waals surface area contributed by atoms with Gasteiger partial charge in [-0.3, -0.25) is 4.40 Å². The third-order valence-corrected chi connectivity index (χ3v) is 4.81. The number of methoxy groups -OCH3 is 1. The molecule has 1 fully saturated rings. The molecule has 0 bridgehead atoms. The van der Waals surface area contributed by atoms with Gasteiger partial charge in [-0.1, -0.05) is 30.3 Å². The van der Waals surface area contributed by atoms with Crippen molar-refractivity contribution < 1.29 is 19.0 Å². The minimum absolute atomic E-state index is 0.115. The first kappa shape index (κ1) is 17.5. The zero-order valence-corrected chi connectivity index (χ0v) is 15.6. The van der Waals surface area contributed by atoms with Crippen molar-refractivity contribution in [2.45, 2.75) is 32.5 Å². The maximum absolute atomic E-state index is 12.3. The highest BCUT2D eigenvalue weighted by atomic mass is 16.6. The average molecular weight is 366 g/mol. The van der Waals surface area contributed by atoms with Crippen LogP contribution in [0.5, 0.6) is 5.75 Å². The van der Waals surface area contributed by atoms with Crippen LogP contribution in [0.1, 0.15) is 40.3 Å². The molecule has 0 aliphatic carbocycles. The summed E-state index contributed by atoms with van der Waals surface area (Å²) in [7, 11) is 1.62. The van der Waals surface area contributed by atoms with E-state index < -0.39 is 0 Å². The van der Waals surface area contributed by atoms with Gasteiger partial charge in [0.2, 0.25) is 0 Å². The Hall–Kier alpha value is -2.86. The topological polar surface area (TPSA) is 65.4 Å². The molecule has 0 saturated carbocycles. The fourth-order valence-electron chi connectivity index (χ4n) is 3.51. The van der Waals surface area contributed by atoms with E-state index in [0.717, 1.165) is 12.0 Å². The van der Waals surface area contributed by atoms with Crippen molar-refractivity contribution in [3.05, 3.63) is 65.1 Å². The number of esters is 1. The van der Waals surface area contributed by atoms with Crippen LogP contribution in [0.25, 0.3) is 5.65 Å². The highest BCUT2D eigenvalue weighted by molar-refractivity contribution is 5.90. The SMILES string of the molecule is CCOC(=O)c1c(C)nc2c(OC)c(CC3OC3c3ccccc3)ccn12. The van der Waals surface area contributed by atoms with Crippen LogP contribution in [0.15, 0.2) is 42.6 Å². The van der Waals surface area contributed by atoms with Gasteiger partial charge in [0.25, 0.3) is 0 Å². The van der Waals surface area contributed by atoms with Crippen molar-refractivity contribution in [3.8, 4) is 5.75 Å². The molecule has 6 heteroatoms. The van der Waals surface area contributed by atoms with Gasteiger partial charge in [0.05, 0.1) is 25.5 Å². The summed E-state index contributed by atoms with van der Waals surface area (Å²) >= 11 is 0. The van der Waals surface area contributed by atoms with E-state index in [-0.39, 0.29) is 18.2 Å². The number of carbonyl (C=O) groups is 1. The van der Waals surface area contributed by atoms with Gasteiger partial charge < -0.3 is 14.2 Å². The van der Waals surface area contributed by atoms with E-state index >= 15 is 0 Å². The Bertz CT molecular complexity index is 981. The molecule has 3 heterocycles. The Balaban J connectivity index is 1.64. The number of hydrogen-bond donors (Lipinski definition) is 0. The molecule has 1 aliphatic heterocycles. The summed E-state index contributed by atoms with van der Waals surface area (Å²) < 4.78 is 18.4. The molecule has 2 aromatic heterocycles.